The highest BCUT2D eigenvalue weighted by Crippen LogP contribution is 2.33. The predicted octanol–water partition coefficient (Wildman–Crippen LogP) is 2.91. The maximum atomic E-state index is 11.1. The van der Waals surface area contributed by atoms with Crippen LogP contribution in [-0.4, -0.2) is 26.0 Å². The molecule has 0 aliphatic heterocycles. The van der Waals surface area contributed by atoms with Crippen molar-refractivity contribution < 1.29 is 14.8 Å². The average molecular weight is 298 g/mol. The Morgan fingerprint density at radius 3 is 2.82 bits per heavy atom. The number of aromatic carboxylic acids is 1. The first-order valence-electron chi connectivity index (χ1n) is 6.26. The van der Waals surface area contributed by atoms with Crippen molar-refractivity contribution in [2.45, 2.75) is 0 Å². The Bertz CT molecular complexity index is 873. The summed E-state index contributed by atoms with van der Waals surface area (Å²) in [7, 11) is 0. The van der Waals surface area contributed by atoms with Crippen molar-refractivity contribution in [3.63, 3.8) is 0 Å². The molecule has 0 saturated heterocycles. The Morgan fingerprint density at radius 2 is 2.18 bits per heavy atom. The molecule has 3 rings (SSSR count). The number of rotatable bonds is 4. The quantitative estimate of drug-likeness (QED) is 0.503. The van der Waals surface area contributed by atoms with Crippen LogP contribution >= 0.6 is 0 Å². The van der Waals surface area contributed by atoms with Gasteiger partial charge in [-0.25, -0.2) is 4.79 Å². The molecule has 2 heterocycles. The fourth-order valence-electron chi connectivity index (χ4n) is 2.17. The van der Waals surface area contributed by atoms with Gasteiger partial charge in [-0.1, -0.05) is 0 Å². The Labute approximate surface area is 123 Å². The molecule has 0 amide bonds. The highest BCUT2D eigenvalue weighted by Gasteiger charge is 2.19. The summed E-state index contributed by atoms with van der Waals surface area (Å²) in [5.41, 5.74) is 1.11. The van der Waals surface area contributed by atoms with E-state index in [1.54, 1.807) is 24.5 Å². The number of aromatic nitrogens is 2. The van der Waals surface area contributed by atoms with E-state index >= 15 is 0 Å². The zero-order valence-electron chi connectivity index (χ0n) is 11.1. The lowest BCUT2D eigenvalue weighted by Gasteiger charge is -2.07. The minimum atomic E-state index is -1.18. The van der Waals surface area contributed by atoms with Gasteiger partial charge in [0.1, 0.15) is 11.2 Å². The lowest BCUT2D eigenvalue weighted by Crippen LogP contribution is -1.95. The number of H-pyrrole nitrogens is 1. The summed E-state index contributed by atoms with van der Waals surface area (Å²) in [4.78, 5) is 28.1. The van der Waals surface area contributed by atoms with Gasteiger partial charge in [0.2, 0.25) is 0 Å². The number of fused-ring (bicyclic) bond motifs is 1. The number of benzene rings is 1. The van der Waals surface area contributed by atoms with Gasteiger partial charge in [-0.2, -0.15) is 0 Å². The number of non-ortho nitro benzene ring substituents is 1. The van der Waals surface area contributed by atoms with Crippen LogP contribution in [0.5, 0.6) is 0 Å². The first-order chi connectivity index (χ1) is 10.6. The summed E-state index contributed by atoms with van der Waals surface area (Å²) in [6.45, 7) is 0. The smallest absolute Gasteiger partial charge is 0.352 e. The molecule has 0 spiro atoms. The van der Waals surface area contributed by atoms with E-state index in [-0.39, 0.29) is 16.9 Å². The number of nitro groups is 1. The molecule has 0 aliphatic rings. The second-order valence-corrected chi connectivity index (χ2v) is 4.53. The van der Waals surface area contributed by atoms with Crippen molar-refractivity contribution in [1.82, 2.24) is 9.97 Å². The maximum Gasteiger partial charge on any atom is 0.352 e. The number of pyridine rings is 1. The highest BCUT2D eigenvalue weighted by molar-refractivity contribution is 6.03. The van der Waals surface area contributed by atoms with Crippen LogP contribution in [0.15, 0.2) is 42.7 Å². The minimum Gasteiger partial charge on any atom is -0.477 e. The molecular formula is C14H10N4O4. The third-order valence-corrected chi connectivity index (χ3v) is 3.14. The van der Waals surface area contributed by atoms with Crippen molar-refractivity contribution >= 4 is 33.9 Å². The SMILES string of the molecule is O=C(O)c1cc2c(Nc3cccnc3)ccc([N+](=O)[O-])c2[nH]1. The normalized spacial score (nSPS) is 10.5. The van der Waals surface area contributed by atoms with E-state index in [1.807, 2.05) is 0 Å². The molecule has 8 heteroatoms. The molecule has 0 saturated carbocycles. The summed E-state index contributed by atoms with van der Waals surface area (Å²) >= 11 is 0. The molecule has 0 radical (unpaired) electrons. The van der Waals surface area contributed by atoms with E-state index in [4.69, 9.17) is 5.11 Å². The second-order valence-electron chi connectivity index (χ2n) is 4.53. The van der Waals surface area contributed by atoms with Gasteiger partial charge in [-0.3, -0.25) is 15.1 Å². The highest BCUT2D eigenvalue weighted by atomic mass is 16.6. The van der Waals surface area contributed by atoms with Crippen molar-refractivity contribution in [3.05, 3.63) is 58.5 Å². The number of hydrogen-bond acceptors (Lipinski definition) is 5. The first-order valence-corrected chi connectivity index (χ1v) is 6.26. The van der Waals surface area contributed by atoms with Gasteiger partial charge in [-0.15, -0.1) is 0 Å². The van der Waals surface area contributed by atoms with Gasteiger partial charge in [0.05, 0.1) is 16.8 Å². The molecule has 0 aliphatic carbocycles. The molecular weight excluding hydrogens is 288 g/mol. The number of nitrogens with one attached hydrogen (secondary N) is 2. The van der Waals surface area contributed by atoms with Crippen molar-refractivity contribution in [1.29, 1.82) is 0 Å². The molecule has 0 unspecified atom stereocenters. The lowest BCUT2D eigenvalue weighted by molar-refractivity contribution is -0.383. The summed E-state index contributed by atoms with van der Waals surface area (Å²) in [6, 6.07) is 7.75. The van der Waals surface area contributed by atoms with Crippen LogP contribution < -0.4 is 5.32 Å². The maximum absolute atomic E-state index is 11.1. The summed E-state index contributed by atoms with van der Waals surface area (Å²) < 4.78 is 0. The Hall–Kier alpha value is -3.42. The van der Waals surface area contributed by atoms with E-state index in [9.17, 15) is 14.9 Å². The van der Waals surface area contributed by atoms with Crippen LogP contribution in [0.3, 0.4) is 0 Å². The minimum absolute atomic E-state index is 0.112. The average Bonchev–Trinajstić information content (AvgIpc) is 2.94. The van der Waals surface area contributed by atoms with E-state index in [2.05, 4.69) is 15.3 Å². The number of aromatic amines is 1. The third kappa shape index (κ3) is 2.33. The Morgan fingerprint density at radius 1 is 1.36 bits per heavy atom. The number of carboxylic acids is 1. The molecule has 2 aromatic heterocycles. The molecule has 0 atom stereocenters. The Kier molecular flexibility index (Phi) is 3.18. The molecule has 1 aromatic carbocycles. The molecule has 8 nitrogen and oxygen atoms in total. The standard InChI is InChI=1S/C14H10N4O4/c19-14(20)11-6-9-10(16-8-2-1-5-15-7-8)3-4-12(18(21)22)13(9)17-11/h1-7,16-17H,(H,19,20). The van der Waals surface area contributed by atoms with Gasteiger partial charge in [0.25, 0.3) is 5.69 Å². The van der Waals surface area contributed by atoms with Crippen molar-refractivity contribution in [2.24, 2.45) is 0 Å². The molecule has 0 bridgehead atoms. The Balaban J connectivity index is 2.17. The van der Waals surface area contributed by atoms with Gasteiger partial charge in [0, 0.05) is 23.3 Å². The van der Waals surface area contributed by atoms with Crippen LogP contribution in [0.2, 0.25) is 0 Å². The van der Waals surface area contributed by atoms with Crippen LogP contribution in [0.1, 0.15) is 10.5 Å². The molecule has 3 N–H and O–H groups in total. The zero-order valence-corrected chi connectivity index (χ0v) is 11.1. The van der Waals surface area contributed by atoms with Crippen LogP contribution in [0.25, 0.3) is 10.9 Å². The monoisotopic (exact) mass is 298 g/mol. The van der Waals surface area contributed by atoms with E-state index < -0.39 is 10.9 Å². The zero-order chi connectivity index (χ0) is 15.7. The molecule has 110 valence electrons. The van der Waals surface area contributed by atoms with E-state index in [0.29, 0.717) is 16.8 Å². The van der Waals surface area contributed by atoms with Gasteiger partial charge in [-0.05, 0) is 24.3 Å². The molecule has 22 heavy (non-hydrogen) atoms. The molecule has 3 aromatic rings. The first kappa shape index (κ1) is 13.6. The summed E-state index contributed by atoms with van der Waals surface area (Å²) in [6.07, 6.45) is 3.22. The van der Waals surface area contributed by atoms with Gasteiger partial charge in [0.15, 0.2) is 0 Å². The number of nitrogens with zero attached hydrogens (tertiary/aromatic N) is 2. The summed E-state index contributed by atoms with van der Waals surface area (Å²) in [5, 5.41) is 23.6. The van der Waals surface area contributed by atoms with E-state index in [0.717, 1.165) is 0 Å². The number of carboxylic acid groups (broad SMARTS) is 1. The third-order valence-electron chi connectivity index (χ3n) is 3.14. The number of carbonyl (C=O) groups is 1. The van der Waals surface area contributed by atoms with Crippen molar-refractivity contribution in [2.75, 3.05) is 5.32 Å². The number of hydrogen-bond donors (Lipinski definition) is 3. The fraction of sp³-hybridized carbons (Fsp3) is 0. The van der Waals surface area contributed by atoms with Crippen molar-refractivity contribution in [3.8, 4) is 0 Å². The van der Waals surface area contributed by atoms with Crippen LogP contribution in [-0.2, 0) is 0 Å². The number of anilines is 2. The largest absolute Gasteiger partial charge is 0.477 e. The number of nitro benzene ring substituents is 1. The molecule has 0 fully saturated rings. The fourth-order valence-corrected chi connectivity index (χ4v) is 2.17. The van der Waals surface area contributed by atoms with Gasteiger partial charge < -0.3 is 15.4 Å². The second kappa shape index (κ2) is 5.17. The predicted molar refractivity (Wildman–Crippen MR) is 79.4 cm³/mol. The van der Waals surface area contributed by atoms with Crippen LogP contribution in [0.4, 0.5) is 17.1 Å². The lowest BCUT2D eigenvalue weighted by atomic mass is 10.2. The topological polar surface area (TPSA) is 121 Å². The summed E-state index contributed by atoms with van der Waals surface area (Å²) in [5.74, 6) is -1.18. The van der Waals surface area contributed by atoms with Crippen LogP contribution in [0, 0.1) is 10.1 Å². The van der Waals surface area contributed by atoms with E-state index in [1.165, 1.54) is 18.2 Å². The van der Waals surface area contributed by atoms with Gasteiger partial charge >= 0.3 is 5.97 Å².